The summed E-state index contributed by atoms with van der Waals surface area (Å²) < 4.78 is 14.7. The molecule has 5 aromatic heterocycles. The average molecular weight is 499 g/mol. The summed E-state index contributed by atoms with van der Waals surface area (Å²) >= 11 is 8.65. The van der Waals surface area contributed by atoms with Crippen LogP contribution >= 0.6 is 57.1 Å². The molecule has 0 saturated carbocycles. The van der Waals surface area contributed by atoms with Gasteiger partial charge in [0.25, 0.3) is 0 Å². The Morgan fingerprint density at radius 3 is 1.39 bits per heavy atom. The Balaban J connectivity index is 1.45. The molecule has 0 atom stereocenters. The molecule has 0 unspecified atom stereocenters. The molecule has 156 valence electrons. The molecule has 0 saturated heterocycles. The van der Waals surface area contributed by atoms with Crippen LogP contribution in [-0.2, 0) is 0 Å². The lowest BCUT2D eigenvalue weighted by atomic mass is 10.1. The molecule has 0 amide bonds. The van der Waals surface area contributed by atoms with Gasteiger partial charge in [0, 0.05) is 67.9 Å². The van der Waals surface area contributed by atoms with E-state index in [1.807, 2.05) is 45.3 Å². The van der Waals surface area contributed by atoms with E-state index < -0.39 is 0 Å². The zero-order chi connectivity index (χ0) is 21.3. The fourth-order valence-electron chi connectivity index (χ4n) is 3.62. The largest absolute Gasteiger partial charge is 0.370 e. The number of benzene rings is 1. The number of rotatable bonds is 4. The topological polar surface area (TPSA) is 32.3 Å². The maximum Gasteiger partial charge on any atom is 0.114 e. The van der Waals surface area contributed by atoms with E-state index in [0.717, 1.165) is 11.0 Å². The van der Waals surface area contributed by atoms with Crippen LogP contribution in [0.4, 0.5) is 10.0 Å². The Morgan fingerprint density at radius 1 is 0.581 bits per heavy atom. The second kappa shape index (κ2) is 7.25. The van der Waals surface area contributed by atoms with Gasteiger partial charge in [0.05, 0.1) is 21.7 Å². The van der Waals surface area contributed by atoms with Gasteiger partial charge in [0.15, 0.2) is 0 Å². The number of hydrogen-bond donors (Lipinski definition) is 0. The minimum Gasteiger partial charge on any atom is -0.370 e. The van der Waals surface area contributed by atoms with Crippen molar-refractivity contribution in [2.24, 2.45) is 0 Å². The molecule has 0 aliphatic carbocycles. The number of hydrogen-bond acceptors (Lipinski definition) is 9. The summed E-state index contributed by atoms with van der Waals surface area (Å²) in [5.41, 5.74) is 4.38. The number of fused-ring (bicyclic) bond motifs is 3. The lowest BCUT2D eigenvalue weighted by Crippen LogP contribution is -2.05. The van der Waals surface area contributed by atoms with Crippen molar-refractivity contribution in [3.63, 3.8) is 0 Å². The van der Waals surface area contributed by atoms with E-state index >= 15 is 0 Å². The Hall–Kier alpha value is -2.04. The van der Waals surface area contributed by atoms with E-state index in [9.17, 15) is 0 Å². The molecular formula is C22H18N4S5. The monoisotopic (exact) mass is 498 g/mol. The van der Waals surface area contributed by atoms with Crippen LogP contribution in [0.1, 0.15) is 0 Å². The number of nitrogens with zero attached hydrogens (tertiary/aromatic N) is 4. The zero-order valence-electron chi connectivity index (χ0n) is 17.3. The average Bonchev–Trinajstić information content (AvgIpc) is 3.50. The Kier molecular flexibility index (Phi) is 4.59. The van der Waals surface area contributed by atoms with Crippen molar-refractivity contribution in [3.8, 4) is 20.9 Å². The Labute approximate surface area is 199 Å². The SMILES string of the molecule is CN(C)c1cc2sc(-c3ccc(-c4cc5sc(N(C)C)cc5s4)c4nsnc34)cc2s1. The van der Waals surface area contributed by atoms with Gasteiger partial charge in [-0.25, -0.2) is 0 Å². The molecule has 0 spiro atoms. The third-order valence-corrected chi connectivity index (χ3v) is 10.7. The summed E-state index contributed by atoms with van der Waals surface area (Å²) in [7, 11) is 8.37. The smallest absolute Gasteiger partial charge is 0.114 e. The minimum atomic E-state index is 1.01. The standard InChI is InChI=1S/C22H18N4S5/c1-25(2)19-9-17-15(29-19)7-13(27-17)11-5-6-12(22-21(11)23-31-24-22)14-8-16-18(28-14)10-20(30-16)26(3)4/h5-10H,1-4H3. The first-order chi connectivity index (χ1) is 15.0. The van der Waals surface area contributed by atoms with Crippen molar-refractivity contribution in [2.75, 3.05) is 38.0 Å². The molecular weight excluding hydrogens is 481 g/mol. The first kappa shape index (κ1) is 19.6. The van der Waals surface area contributed by atoms with Gasteiger partial charge in [-0.1, -0.05) is 12.1 Å². The summed E-state index contributed by atoms with van der Waals surface area (Å²) in [6.07, 6.45) is 0. The predicted molar refractivity (Wildman–Crippen MR) is 143 cm³/mol. The van der Waals surface area contributed by atoms with Gasteiger partial charge < -0.3 is 9.80 Å². The quantitative estimate of drug-likeness (QED) is 0.249. The van der Waals surface area contributed by atoms with Crippen LogP contribution in [0, 0.1) is 0 Å². The van der Waals surface area contributed by atoms with E-state index in [4.69, 9.17) is 8.75 Å². The van der Waals surface area contributed by atoms with E-state index in [1.54, 1.807) is 0 Å². The van der Waals surface area contributed by atoms with Crippen LogP contribution in [0.2, 0.25) is 0 Å². The second-order valence-electron chi connectivity index (χ2n) is 7.76. The molecule has 5 heterocycles. The molecule has 6 rings (SSSR count). The fourth-order valence-corrected chi connectivity index (χ4v) is 8.87. The van der Waals surface area contributed by atoms with Crippen molar-refractivity contribution < 1.29 is 0 Å². The second-order valence-corrected chi connectivity index (χ2v) is 12.6. The van der Waals surface area contributed by atoms with Crippen LogP contribution in [0.5, 0.6) is 0 Å². The third-order valence-electron chi connectivity index (χ3n) is 5.22. The summed E-state index contributed by atoms with van der Waals surface area (Å²) in [4.78, 5) is 6.86. The van der Waals surface area contributed by atoms with Crippen molar-refractivity contribution in [3.05, 3.63) is 36.4 Å². The molecule has 0 aliphatic rings. The Bertz CT molecular complexity index is 1380. The maximum atomic E-state index is 4.69. The van der Waals surface area contributed by atoms with E-state index in [1.165, 1.54) is 61.4 Å². The van der Waals surface area contributed by atoms with Crippen molar-refractivity contribution >= 4 is 96.9 Å². The zero-order valence-corrected chi connectivity index (χ0v) is 21.4. The van der Waals surface area contributed by atoms with E-state index in [-0.39, 0.29) is 0 Å². The van der Waals surface area contributed by atoms with Crippen LogP contribution in [0.25, 0.3) is 50.7 Å². The predicted octanol–water partition coefficient (Wildman–Crippen LogP) is 7.71. The summed E-state index contributed by atoms with van der Waals surface area (Å²) in [5, 5.41) is 2.58. The molecule has 9 heteroatoms. The molecule has 4 nitrogen and oxygen atoms in total. The van der Waals surface area contributed by atoms with Gasteiger partial charge in [0.2, 0.25) is 0 Å². The molecule has 0 radical (unpaired) electrons. The van der Waals surface area contributed by atoms with Crippen molar-refractivity contribution in [2.45, 2.75) is 0 Å². The lowest BCUT2D eigenvalue weighted by molar-refractivity contribution is 1.16. The van der Waals surface area contributed by atoms with E-state index in [2.05, 4.69) is 74.4 Å². The highest BCUT2D eigenvalue weighted by molar-refractivity contribution is 7.32. The van der Waals surface area contributed by atoms with Gasteiger partial charge in [-0.05, 0) is 24.3 Å². The summed E-state index contributed by atoms with van der Waals surface area (Å²) in [5.74, 6) is 0. The highest BCUT2D eigenvalue weighted by Crippen LogP contribution is 2.46. The molecule has 1 aromatic carbocycles. The van der Waals surface area contributed by atoms with Gasteiger partial charge in [-0.3, -0.25) is 0 Å². The Morgan fingerprint density at radius 2 is 1.00 bits per heavy atom. The van der Waals surface area contributed by atoms with Crippen LogP contribution in [-0.4, -0.2) is 36.9 Å². The first-order valence-electron chi connectivity index (χ1n) is 9.65. The van der Waals surface area contributed by atoms with Gasteiger partial charge in [-0.2, -0.15) is 8.75 Å². The third kappa shape index (κ3) is 3.18. The number of anilines is 2. The molecule has 6 aromatic rings. The molecule has 0 N–H and O–H groups in total. The molecule has 0 aliphatic heterocycles. The number of aromatic nitrogens is 2. The van der Waals surface area contributed by atoms with Crippen LogP contribution < -0.4 is 9.80 Å². The minimum absolute atomic E-state index is 1.01. The van der Waals surface area contributed by atoms with E-state index in [0.29, 0.717) is 0 Å². The highest BCUT2D eigenvalue weighted by Gasteiger charge is 2.18. The summed E-state index contributed by atoms with van der Waals surface area (Å²) in [6, 6.07) is 13.6. The van der Waals surface area contributed by atoms with Crippen molar-refractivity contribution in [1.29, 1.82) is 0 Å². The number of thiophene rings is 4. The highest BCUT2D eigenvalue weighted by atomic mass is 32.1. The van der Waals surface area contributed by atoms with Crippen molar-refractivity contribution in [1.82, 2.24) is 8.75 Å². The first-order valence-corrected chi connectivity index (χ1v) is 13.6. The van der Waals surface area contributed by atoms with Gasteiger partial charge in [0.1, 0.15) is 11.0 Å². The molecule has 31 heavy (non-hydrogen) atoms. The maximum absolute atomic E-state index is 4.69. The lowest BCUT2D eigenvalue weighted by Gasteiger charge is -2.07. The molecule has 0 bridgehead atoms. The fraction of sp³-hybridized carbons (Fsp3) is 0.182. The van der Waals surface area contributed by atoms with Crippen LogP contribution in [0.3, 0.4) is 0 Å². The van der Waals surface area contributed by atoms with Crippen LogP contribution in [0.15, 0.2) is 36.4 Å². The summed E-state index contributed by atoms with van der Waals surface area (Å²) in [6.45, 7) is 0. The normalized spacial score (nSPS) is 11.9. The van der Waals surface area contributed by atoms with Gasteiger partial charge >= 0.3 is 0 Å². The van der Waals surface area contributed by atoms with Gasteiger partial charge in [-0.15, -0.1) is 45.3 Å². The molecule has 0 fully saturated rings.